The van der Waals surface area contributed by atoms with E-state index >= 15 is 0 Å². The second-order valence-corrected chi connectivity index (χ2v) is 6.69. The number of rotatable bonds is 7. The SMILES string of the molecule is CCCC(=NOCC)C1=C(O)C(=O)C(c2cc(C3CCOC3)no2)CC1=O. The molecule has 8 nitrogen and oxygen atoms in total. The van der Waals surface area contributed by atoms with Crippen molar-refractivity contribution in [2.45, 2.75) is 51.4 Å². The zero-order chi connectivity index (χ0) is 19.4. The maximum absolute atomic E-state index is 12.7. The number of allylic oxidation sites excluding steroid dienone is 2. The molecule has 0 saturated carbocycles. The van der Waals surface area contributed by atoms with Crippen LogP contribution in [0.15, 0.2) is 27.1 Å². The highest BCUT2D eigenvalue weighted by Crippen LogP contribution is 2.34. The average Bonchev–Trinajstić information content (AvgIpc) is 3.34. The molecule has 2 heterocycles. The number of nitrogens with zero attached hydrogens (tertiary/aromatic N) is 2. The Morgan fingerprint density at radius 2 is 2.22 bits per heavy atom. The van der Waals surface area contributed by atoms with Crippen molar-refractivity contribution in [1.82, 2.24) is 5.16 Å². The summed E-state index contributed by atoms with van der Waals surface area (Å²) in [7, 11) is 0. The lowest BCUT2D eigenvalue weighted by Crippen LogP contribution is -2.30. The van der Waals surface area contributed by atoms with Crippen molar-refractivity contribution in [2.75, 3.05) is 19.8 Å². The molecule has 1 fully saturated rings. The third-order valence-electron chi connectivity index (χ3n) is 4.77. The molecule has 0 bridgehead atoms. The molecule has 0 aromatic carbocycles. The van der Waals surface area contributed by atoms with Crippen LogP contribution in [0.1, 0.15) is 62.8 Å². The van der Waals surface area contributed by atoms with Gasteiger partial charge in [0.25, 0.3) is 0 Å². The number of hydrogen-bond acceptors (Lipinski definition) is 8. The quantitative estimate of drug-likeness (QED) is 0.575. The number of ketones is 2. The molecule has 0 amide bonds. The van der Waals surface area contributed by atoms with Crippen LogP contribution in [0, 0.1) is 0 Å². The van der Waals surface area contributed by atoms with Gasteiger partial charge in [0, 0.05) is 25.0 Å². The van der Waals surface area contributed by atoms with Crippen molar-refractivity contribution >= 4 is 17.3 Å². The van der Waals surface area contributed by atoms with Gasteiger partial charge in [-0.25, -0.2) is 0 Å². The maximum atomic E-state index is 12.7. The molecule has 1 N–H and O–H groups in total. The van der Waals surface area contributed by atoms with Crippen LogP contribution in [-0.2, 0) is 19.2 Å². The summed E-state index contributed by atoms with van der Waals surface area (Å²) in [6.07, 6.45) is 1.87. The van der Waals surface area contributed by atoms with E-state index in [-0.39, 0.29) is 23.7 Å². The van der Waals surface area contributed by atoms with Crippen LogP contribution in [0.25, 0.3) is 0 Å². The number of hydrogen-bond donors (Lipinski definition) is 1. The van der Waals surface area contributed by atoms with Crippen LogP contribution >= 0.6 is 0 Å². The Labute approximate surface area is 157 Å². The molecule has 8 heteroatoms. The molecule has 2 atom stereocenters. The zero-order valence-electron chi connectivity index (χ0n) is 15.6. The smallest absolute Gasteiger partial charge is 0.209 e. The number of oxime groups is 1. The van der Waals surface area contributed by atoms with Crippen LogP contribution in [0.3, 0.4) is 0 Å². The topological polar surface area (TPSA) is 111 Å². The minimum atomic E-state index is -0.875. The van der Waals surface area contributed by atoms with Crippen molar-refractivity contribution in [3.8, 4) is 0 Å². The number of carbonyl (C=O) groups is 2. The molecule has 27 heavy (non-hydrogen) atoms. The molecule has 3 rings (SSSR count). The predicted molar refractivity (Wildman–Crippen MR) is 95.7 cm³/mol. The molecule has 1 aliphatic heterocycles. The van der Waals surface area contributed by atoms with Gasteiger partial charge in [0.1, 0.15) is 12.4 Å². The van der Waals surface area contributed by atoms with Gasteiger partial charge in [0.2, 0.25) is 5.78 Å². The minimum absolute atomic E-state index is 0.0459. The Morgan fingerprint density at radius 1 is 1.41 bits per heavy atom. The predicted octanol–water partition coefficient (Wildman–Crippen LogP) is 2.81. The van der Waals surface area contributed by atoms with E-state index in [1.54, 1.807) is 13.0 Å². The van der Waals surface area contributed by atoms with Gasteiger partial charge >= 0.3 is 0 Å². The van der Waals surface area contributed by atoms with Gasteiger partial charge in [-0.05, 0) is 19.8 Å². The summed E-state index contributed by atoms with van der Waals surface area (Å²) in [6.45, 7) is 5.24. The van der Waals surface area contributed by atoms with E-state index in [1.807, 2.05) is 6.92 Å². The zero-order valence-corrected chi connectivity index (χ0v) is 15.6. The van der Waals surface area contributed by atoms with E-state index in [0.29, 0.717) is 49.8 Å². The first-order valence-corrected chi connectivity index (χ1v) is 9.30. The van der Waals surface area contributed by atoms with Crippen molar-refractivity contribution in [1.29, 1.82) is 0 Å². The molecular weight excluding hydrogens is 352 g/mol. The summed E-state index contributed by atoms with van der Waals surface area (Å²) in [4.78, 5) is 30.5. The van der Waals surface area contributed by atoms with E-state index in [2.05, 4.69) is 10.3 Å². The third-order valence-corrected chi connectivity index (χ3v) is 4.77. The van der Waals surface area contributed by atoms with Gasteiger partial charge < -0.3 is 19.2 Å². The lowest BCUT2D eigenvalue weighted by atomic mass is 9.82. The Morgan fingerprint density at radius 3 is 2.89 bits per heavy atom. The number of ether oxygens (including phenoxy) is 1. The van der Waals surface area contributed by atoms with Crippen molar-refractivity contribution in [3.05, 3.63) is 28.9 Å². The van der Waals surface area contributed by atoms with E-state index in [9.17, 15) is 14.7 Å². The van der Waals surface area contributed by atoms with Gasteiger partial charge in [0.15, 0.2) is 11.5 Å². The molecule has 146 valence electrons. The first kappa shape index (κ1) is 19.3. The number of aliphatic hydroxyl groups excluding tert-OH is 1. The van der Waals surface area contributed by atoms with Crippen LogP contribution in [0.2, 0.25) is 0 Å². The summed E-state index contributed by atoms with van der Waals surface area (Å²) in [5.41, 5.74) is 0.965. The van der Waals surface area contributed by atoms with E-state index < -0.39 is 17.5 Å². The summed E-state index contributed by atoms with van der Waals surface area (Å²) in [5, 5.41) is 18.4. The third kappa shape index (κ3) is 3.95. The monoisotopic (exact) mass is 376 g/mol. The highest BCUT2D eigenvalue weighted by Gasteiger charge is 2.40. The standard InChI is InChI=1S/C19H24N2O6/c1-3-5-13(20-26-4-2)17-15(22)8-12(18(23)19(17)24)16-9-14(21-27-16)11-6-7-25-10-11/h9,11-12,24H,3-8,10H2,1-2H3. The molecule has 0 radical (unpaired) electrons. The molecular formula is C19H24N2O6. The summed E-state index contributed by atoms with van der Waals surface area (Å²) in [6, 6.07) is 1.69. The fraction of sp³-hybridized carbons (Fsp3) is 0.579. The number of aliphatic hydroxyl groups is 1. The van der Waals surface area contributed by atoms with Gasteiger partial charge in [-0.2, -0.15) is 0 Å². The fourth-order valence-electron chi connectivity index (χ4n) is 3.35. The first-order chi connectivity index (χ1) is 13.1. The average molecular weight is 376 g/mol. The summed E-state index contributed by atoms with van der Waals surface area (Å²) < 4.78 is 10.7. The van der Waals surface area contributed by atoms with Gasteiger partial charge in [0.05, 0.1) is 29.5 Å². The first-order valence-electron chi connectivity index (χ1n) is 9.30. The minimum Gasteiger partial charge on any atom is -0.504 e. The van der Waals surface area contributed by atoms with Crippen molar-refractivity contribution in [2.24, 2.45) is 5.16 Å². The molecule has 1 aromatic rings. The lowest BCUT2D eigenvalue weighted by Gasteiger charge is -2.21. The normalized spacial score (nSPS) is 24.0. The molecule has 2 aliphatic rings. The fourth-order valence-corrected chi connectivity index (χ4v) is 3.35. The second-order valence-electron chi connectivity index (χ2n) is 6.69. The van der Waals surface area contributed by atoms with Crippen LogP contribution in [-0.4, -0.2) is 47.4 Å². The highest BCUT2D eigenvalue weighted by molar-refractivity contribution is 6.29. The maximum Gasteiger partial charge on any atom is 0.209 e. The van der Waals surface area contributed by atoms with E-state index in [0.717, 1.165) is 6.42 Å². The number of aromatic nitrogens is 1. The van der Waals surface area contributed by atoms with Gasteiger partial charge in [-0.3, -0.25) is 9.59 Å². The van der Waals surface area contributed by atoms with E-state index in [1.165, 1.54) is 0 Å². The van der Waals surface area contributed by atoms with Crippen molar-refractivity contribution < 1.29 is 28.8 Å². The number of Topliss-reactive ketones (excluding diaryl/α,β-unsaturated/α-hetero) is 2. The lowest BCUT2D eigenvalue weighted by molar-refractivity contribution is -0.126. The molecule has 0 spiro atoms. The van der Waals surface area contributed by atoms with Crippen LogP contribution in [0.5, 0.6) is 0 Å². The summed E-state index contributed by atoms with van der Waals surface area (Å²) >= 11 is 0. The molecule has 1 saturated heterocycles. The summed E-state index contributed by atoms with van der Waals surface area (Å²) in [5.74, 6) is -1.95. The van der Waals surface area contributed by atoms with E-state index in [4.69, 9.17) is 14.1 Å². The second kappa shape index (κ2) is 8.47. The molecule has 1 aromatic heterocycles. The Kier molecular flexibility index (Phi) is 6.05. The highest BCUT2D eigenvalue weighted by atomic mass is 16.6. The molecule has 2 unspecified atom stereocenters. The Bertz CT molecular complexity index is 773. The number of carbonyl (C=O) groups excluding carboxylic acids is 2. The molecule has 1 aliphatic carbocycles. The van der Waals surface area contributed by atoms with Crippen LogP contribution < -0.4 is 0 Å². The van der Waals surface area contributed by atoms with Crippen molar-refractivity contribution in [3.63, 3.8) is 0 Å². The van der Waals surface area contributed by atoms with Gasteiger partial charge in [-0.15, -0.1) is 0 Å². The van der Waals surface area contributed by atoms with Crippen LogP contribution in [0.4, 0.5) is 0 Å². The Hall–Kier alpha value is -2.48. The van der Waals surface area contributed by atoms with Gasteiger partial charge in [-0.1, -0.05) is 23.7 Å². The largest absolute Gasteiger partial charge is 0.504 e. The Balaban J connectivity index is 1.87.